The lowest BCUT2D eigenvalue weighted by atomic mass is 10.3. The number of hydrogen-bond donors (Lipinski definition) is 1. The molecule has 0 aliphatic heterocycles. The number of rotatable bonds is 1. The minimum atomic E-state index is 0.666. The summed E-state index contributed by atoms with van der Waals surface area (Å²) in [4.78, 5) is 14.0. The molecular weight excluding hydrogens is 244 g/mol. The predicted octanol–water partition coefficient (Wildman–Crippen LogP) is 2.93. The van der Waals surface area contributed by atoms with Crippen LogP contribution in [-0.4, -0.2) is 22.0 Å². The van der Waals surface area contributed by atoms with E-state index in [1.54, 1.807) is 6.07 Å². The van der Waals surface area contributed by atoms with E-state index in [1.807, 2.05) is 19.2 Å². The summed E-state index contributed by atoms with van der Waals surface area (Å²) in [6.07, 6.45) is 0. The van der Waals surface area contributed by atoms with Gasteiger partial charge in [0.1, 0.15) is 0 Å². The van der Waals surface area contributed by atoms with Crippen LogP contribution in [0, 0.1) is 0 Å². The molecule has 3 rings (SSSR count). The first-order chi connectivity index (χ1) is 7.76. The van der Waals surface area contributed by atoms with Crippen LogP contribution in [0.1, 0.15) is 0 Å². The van der Waals surface area contributed by atoms with Gasteiger partial charge < -0.3 is 5.32 Å². The molecule has 0 aliphatic rings. The van der Waals surface area contributed by atoms with Crippen LogP contribution in [0.5, 0.6) is 0 Å². The van der Waals surface area contributed by atoms with Gasteiger partial charge in [-0.2, -0.15) is 4.98 Å². The zero-order valence-electron chi connectivity index (χ0n) is 8.36. The summed E-state index contributed by atoms with van der Waals surface area (Å²) in [5, 5.41) is 4.47. The molecule has 80 valence electrons. The molecule has 0 atom stereocenters. The van der Waals surface area contributed by atoms with Crippen LogP contribution >= 0.6 is 22.9 Å². The van der Waals surface area contributed by atoms with Crippen LogP contribution in [0.15, 0.2) is 18.2 Å². The fourth-order valence-electron chi connectivity index (χ4n) is 1.46. The smallest absolute Gasteiger partial charge is 0.192 e. The fraction of sp³-hybridized carbons (Fsp3) is 0.100. The quantitative estimate of drug-likeness (QED) is 0.722. The van der Waals surface area contributed by atoms with Crippen LogP contribution in [0.2, 0.25) is 5.02 Å². The first-order valence-electron chi connectivity index (χ1n) is 4.68. The van der Waals surface area contributed by atoms with Crippen LogP contribution in [0.4, 0.5) is 5.13 Å². The van der Waals surface area contributed by atoms with Gasteiger partial charge in [0.25, 0.3) is 0 Å². The van der Waals surface area contributed by atoms with E-state index < -0.39 is 0 Å². The van der Waals surface area contributed by atoms with Gasteiger partial charge in [-0.15, -0.1) is 0 Å². The second-order valence-electron chi connectivity index (χ2n) is 3.25. The molecule has 0 amide bonds. The molecule has 2 heterocycles. The average molecular weight is 251 g/mol. The summed E-state index contributed by atoms with van der Waals surface area (Å²) < 4.78 is 0. The Morgan fingerprint density at radius 1 is 1.19 bits per heavy atom. The third-order valence-electron chi connectivity index (χ3n) is 2.19. The standard InChI is InChI=1S/C10H7ClN4S/c1-12-10-15-8-9(16-10)14-7-4-5(11)2-3-6(7)13-8/h2-4H,1H3,(H,12,13,15). The normalized spacial score (nSPS) is 11.1. The highest BCUT2D eigenvalue weighted by atomic mass is 35.5. The van der Waals surface area contributed by atoms with Gasteiger partial charge in [0.05, 0.1) is 11.0 Å². The zero-order valence-corrected chi connectivity index (χ0v) is 9.93. The number of thiazole rings is 1. The maximum atomic E-state index is 5.91. The third kappa shape index (κ3) is 1.48. The largest absolute Gasteiger partial charge is 0.364 e. The van der Waals surface area contributed by atoms with E-state index in [1.165, 1.54) is 11.3 Å². The van der Waals surface area contributed by atoms with E-state index in [0.29, 0.717) is 10.7 Å². The summed E-state index contributed by atoms with van der Waals surface area (Å²) >= 11 is 7.39. The molecule has 1 aromatic carbocycles. The zero-order chi connectivity index (χ0) is 11.1. The van der Waals surface area contributed by atoms with E-state index >= 15 is 0 Å². The Morgan fingerprint density at radius 2 is 2.06 bits per heavy atom. The third-order valence-corrected chi connectivity index (χ3v) is 3.38. The highest BCUT2D eigenvalue weighted by molar-refractivity contribution is 7.21. The van der Waals surface area contributed by atoms with Crippen molar-refractivity contribution in [1.29, 1.82) is 0 Å². The van der Waals surface area contributed by atoms with E-state index in [4.69, 9.17) is 11.6 Å². The highest BCUT2D eigenvalue weighted by Gasteiger charge is 2.07. The van der Waals surface area contributed by atoms with Crippen LogP contribution in [-0.2, 0) is 0 Å². The van der Waals surface area contributed by atoms with E-state index in [2.05, 4.69) is 20.3 Å². The lowest BCUT2D eigenvalue weighted by Gasteiger charge is -1.95. The number of anilines is 1. The first kappa shape index (κ1) is 9.74. The number of halogens is 1. The predicted molar refractivity (Wildman–Crippen MR) is 67.3 cm³/mol. The van der Waals surface area contributed by atoms with Crippen LogP contribution in [0.25, 0.3) is 21.5 Å². The monoisotopic (exact) mass is 250 g/mol. The van der Waals surface area contributed by atoms with Crippen molar-refractivity contribution in [2.24, 2.45) is 0 Å². The Hall–Kier alpha value is -1.46. The number of hydrogen-bond acceptors (Lipinski definition) is 5. The van der Waals surface area contributed by atoms with E-state index in [9.17, 15) is 0 Å². The van der Waals surface area contributed by atoms with Crippen molar-refractivity contribution in [3.63, 3.8) is 0 Å². The van der Waals surface area contributed by atoms with E-state index in [-0.39, 0.29) is 0 Å². The minimum absolute atomic E-state index is 0.666. The lowest BCUT2D eigenvalue weighted by Crippen LogP contribution is -1.86. The highest BCUT2D eigenvalue weighted by Crippen LogP contribution is 2.25. The fourth-order valence-corrected chi connectivity index (χ4v) is 2.37. The SMILES string of the molecule is CNc1nc2nc3ccc(Cl)cc3nc2s1. The summed E-state index contributed by atoms with van der Waals surface area (Å²) in [6.45, 7) is 0. The molecule has 0 saturated heterocycles. The molecule has 16 heavy (non-hydrogen) atoms. The number of nitrogens with zero attached hydrogens (tertiary/aromatic N) is 3. The molecular formula is C10H7ClN4S. The van der Waals surface area contributed by atoms with Gasteiger partial charge in [0.15, 0.2) is 15.6 Å². The summed E-state index contributed by atoms with van der Waals surface area (Å²) in [5.74, 6) is 0. The summed E-state index contributed by atoms with van der Waals surface area (Å²) in [7, 11) is 1.83. The van der Waals surface area contributed by atoms with Crippen molar-refractivity contribution in [3.05, 3.63) is 23.2 Å². The number of benzene rings is 1. The Labute approximate surface area is 100 Å². The molecule has 0 aliphatic carbocycles. The van der Waals surface area contributed by atoms with Crippen molar-refractivity contribution in [2.75, 3.05) is 12.4 Å². The second-order valence-corrected chi connectivity index (χ2v) is 4.67. The molecule has 2 aromatic heterocycles. The molecule has 0 fully saturated rings. The molecule has 0 bridgehead atoms. The van der Waals surface area contributed by atoms with Gasteiger partial charge in [-0.1, -0.05) is 22.9 Å². The summed E-state index contributed by atoms with van der Waals surface area (Å²) in [5.41, 5.74) is 2.28. The van der Waals surface area contributed by atoms with Crippen molar-refractivity contribution in [3.8, 4) is 0 Å². The molecule has 0 radical (unpaired) electrons. The van der Waals surface area contributed by atoms with E-state index in [0.717, 1.165) is 21.0 Å². The molecule has 0 saturated carbocycles. The van der Waals surface area contributed by atoms with Crippen LogP contribution < -0.4 is 5.32 Å². The van der Waals surface area contributed by atoms with Gasteiger partial charge in [-0.3, -0.25) is 0 Å². The topological polar surface area (TPSA) is 50.7 Å². The van der Waals surface area contributed by atoms with Gasteiger partial charge >= 0.3 is 0 Å². The van der Waals surface area contributed by atoms with Gasteiger partial charge in [-0.05, 0) is 18.2 Å². The maximum absolute atomic E-state index is 5.91. The first-order valence-corrected chi connectivity index (χ1v) is 5.87. The Morgan fingerprint density at radius 3 is 2.88 bits per heavy atom. The molecule has 6 heteroatoms. The van der Waals surface area contributed by atoms with Crippen LogP contribution in [0.3, 0.4) is 0 Å². The van der Waals surface area contributed by atoms with Gasteiger partial charge in [0, 0.05) is 12.1 Å². The molecule has 4 nitrogen and oxygen atoms in total. The lowest BCUT2D eigenvalue weighted by molar-refractivity contribution is 1.32. The Balaban J connectivity index is 2.37. The molecule has 0 unspecified atom stereocenters. The number of aromatic nitrogens is 3. The van der Waals surface area contributed by atoms with Crippen molar-refractivity contribution in [2.45, 2.75) is 0 Å². The maximum Gasteiger partial charge on any atom is 0.192 e. The molecule has 1 N–H and O–H groups in total. The average Bonchev–Trinajstić information content (AvgIpc) is 2.67. The van der Waals surface area contributed by atoms with Gasteiger partial charge in [-0.25, -0.2) is 9.97 Å². The Kier molecular flexibility index (Phi) is 2.15. The van der Waals surface area contributed by atoms with Gasteiger partial charge in [0.2, 0.25) is 0 Å². The molecule has 0 spiro atoms. The molecule has 3 aromatic rings. The number of nitrogens with one attached hydrogen (secondary N) is 1. The minimum Gasteiger partial charge on any atom is -0.364 e. The van der Waals surface area contributed by atoms with Crippen molar-refractivity contribution in [1.82, 2.24) is 15.0 Å². The Bertz CT molecular complexity index is 679. The summed E-state index contributed by atoms with van der Waals surface area (Å²) in [6, 6.07) is 5.46. The van der Waals surface area contributed by atoms with Crippen molar-refractivity contribution >= 4 is 49.6 Å². The number of fused-ring (bicyclic) bond motifs is 2. The van der Waals surface area contributed by atoms with Crippen molar-refractivity contribution < 1.29 is 0 Å². The second kappa shape index (κ2) is 3.54.